The van der Waals surface area contributed by atoms with Crippen LogP contribution in [0.15, 0.2) is 11.6 Å². The van der Waals surface area contributed by atoms with Crippen LogP contribution < -0.4 is 0 Å². The molecular formula is C7H10OS. The minimum atomic E-state index is 0.289. The van der Waals surface area contributed by atoms with E-state index in [1.807, 2.05) is 6.08 Å². The number of carbonyl (C=O) groups is 1. The van der Waals surface area contributed by atoms with Crippen LogP contribution >= 0.6 is 11.8 Å². The summed E-state index contributed by atoms with van der Waals surface area (Å²) < 4.78 is 0. The van der Waals surface area contributed by atoms with Gasteiger partial charge in [0.1, 0.15) is 0 Å². The van der Waals surface area contributed by atoms with Gasteiger partial charge in [0.25, 0.3) is 0 Å². The van der Waals surface area contributed by atoms with E-state index in [1.54, 1.807) is 0 Å². The van der Waals surface area contributed by atoms with Crippen LogP contribution in [0.2, 0.25) is 0 Å². The minimum absolute atomic E-state index is 0.289. The Morgan fingerprint density at radius 1 is 1.78 bits per heavy atom. The summed E-state index contributed by atoms with van der Waals surface area (Å²) in [7, 11) is 0. The summed E-state index contributed by atoms with van der Waals surface area (Å²) in [6.45, 7) is 2.09. The zero-order chi connectivity index (χ0) is 6.69. The quantitative estimate of drug-likeness (QED) is 0.586. The van der Waals surface area contributed by atoms with Crippen molar-refractivity contribution in [1.82, 2.24) is 0 Å². The average molecular weight is 142 g/mol. The van der Waals surface area contributed by atoms with E-state index < -0.39 is 0 Å². The Balaban J connectivity index is 2.47. The van der Waals surface area contributed by atoms with Crippen LogP contribution in [-0.2, 0) is 4.79 Å². The summed E-state index contributed by atoms with van der Waals surface area (Å²) in [5.41, 5.74) is 1.03. The fourth-order valence-electron chi connectivity index (χ4n) is 0.867. The molecule has 0 aromatic carbocycles. The third kappa shape index (κ3) is 1.58. The van der Waals surface area contributed by atoms with Crippen molar-refractivity contribution in [3.05, 3.63) is 11.6 Å². The number of carbonyl (C=O) groups excluding carboxylic acids is 1. The van der Waals surface area contributed by atoms with Crippen LogP contribution in [0, 0.1) is 0 Å². The molecule has 1 heterocycles. The molecule has 0 bridgehead atoms. The number of thioether (sulfide) groups is 1. The lowest BCUT2D eigenvalue weighted by molar-refractivity contribution is -0.107. The Bertz CT molecular complexity index is 149. The second kappa shape index (κ2) is 3.06. The molecule has 0 aromatic rings. The second-order valence-corrected chi connectivity index (χ2v) is 3.07. The van der Waals surface area contributed by atoms with Crippen LogP contribution in [0.4, 0.5) is 0 Å². The summed E-state index contributed by atoms with van der Waals surface area (Å²) >= 11 is 1.41. The highest BCUT2D eigenvalue weighted by Crippen LogP contribution is 2.22. The Labute approximate surface area is 59.5 Å². The van der Waals surface area contributed by atoms with Gasteiger partial charge in [-0.2, -0.15) is 0 Å². The molecule has 0 amide bonds. The van der Waals surface area contributed by atoms with Crippen molar-refractivity contribution in [2.45, 2.75) is 19.8 Å². The molecule has 1 rings (SSSR count). The molecule has 0 saturated heterocycles. The molecule has 0 radical (unpaired) electrons. The summed E-state index contributed by atoms with van der Waals surface area (Å²) in [5, 5.41) is 0.289. The van der Waals surface area contributed by atoms with Gasteiger partial charge in [0.2, 0.25) is 5.12 Å². The molecule has 0 unspecified atom stereocenters. The standard InChI is InChI=1S/C7H10OS/c1-2-3-6-4-5-9-7(6)8/h4H,2-3,5H2,1H3. The predicted molar refractivity (Wildman–Crippen MR) is 40.5 cm³/mol. The Morgan fingerprint density at radius 2 is 2.56 bits per heavy atom. The maximum atomic E-state index is 10.9. The highest BCUT2D eigenvalue weighted by Gasteiger charge is 2.13. The van der Waals surface area contributed by atoms with Gasteiger partial charge in [-0.05, 0) is 6.42 Å². The van der Waals surface area contributed by atoms with E-state index in [2.05, 4.69) is 6.92 Å². The lowest BCUT2D eigenvalue weighted by Crippen LogP contribution is -1.89. The van der Waals surface area contributed by atoms with Crippen molar-refractivity contribution in [2.24, 2.45) is 0 Å². The zero-order valence-corrected chi connectivity index (χ0v) is 6.33. The molecule has 0 spiro atoms. The van der Waals surface area contributed by atoms with E-state index in [9.17, 15) is 4.79 Å². The van der Waals surface area contributed by atoms with Gasteiger partial charge in [-0.3, -0.25) is 4.79 Å². The largest absolute Gasteiger partial charge is 0.282 e. The molecule has 0 aromatic heterocycles. The predicted octanol–water partition coefficient (Wildman–Crippen LogP) is 1.99. The molecule has 50 valence electrons. The maximum absolute atomic E-state index is 10.9. The van der Waals surface area contributed by atoms with Gasteiger partial charge >= 0.3 is 0 Å². The topological polar surface area (TPSA) is 17.1 Å². The Kier molecular flexibility index (Phi) is 2.34. The molecule has 0 N–H and O–H groups in total. The van der Waals surface area contributed by atoms with Crippen LogP contribution in [0.1, 0.15) is 19.8 Å². The van der Waals surface area contributed by atoms with E-state index in [-0.39, 0.29) is 5.12 Å². The molecule has 1 aliphatic heterocycles. The molecule has 0 fully saturated rings. The molecule has 0 saturated carbocycles. The van der Waals surface area contributed by atoms with E-state index in [1.165, 1.54) is 11.8 Å². The van der Waals surface area contributed by atoms with Crippen molar-refractivity contribution in [3.63, 3.8) is 0 Å². The third-order valence-corrected chi connectivity index (χ3v) is 2.18. The fraction of sp³-hybridized carbons (Fsp3) is 0.571. The van der Waals surface area contributed by atoms with Crippen LogP contribution in [0.3, 0.4) is 0 Å². The molecule has 1 aliphatic rings. The molecule has 2 heteroatoms. The van der Waals surface area contributed by atoms with Crippen molar-refractivity contribution in [2.75, 3.05) is 5.75 Å². The van der Waals surface area contributed by atoms with E-state index in [4.69, 9.17) is 0 Å². The Morgan fingerprint density at radius 3 is 3.00 bits per heavy atom. The van der Waals surface area contributed by atoms with Gasteiger partial charge in [-0.15, -0.1) is 0 Å². The van der Waals surface area contributed by atoms with Crippen LogP contribution in [0.25, 0.3) is 0 Å². The molecule has 0 atom stereocenters. The van der Waals surface area contributed by atoms with Gasteiger partial charge < -0.3 is 0 Å². The number of hydrogen-bond donors (Lipinski definition) is 0. The summed E-state index contributed by atoms with van der Waals surface area (Å²) in [4.78, 5) is 10.9. The molecule has 9 heavy (non-hydrogen) atoms. The molecule has 1 nitrogen and oxygen atoms in total. The zero-order valence-electron chi connectivity index (χ0n) is 5.52. The first kappa shape index (κ1) is 6.87. The van der Waals surface area contributed by atoms with Crippen LogP contribution in [0.5, 0.6) is 0 Å². The normalized spacial score (nSPS) is 18.3. The monoisotopic (exact) mass is 142 g/mol. The van der Waals surface area contributed by atoms with Gasteiger partial charge in [0, 0.05) is 11.3 Å². The minimum Gasteiger partial charge on any atom is -0.282 e. The van der Waals surface area contributed by atoms with Crippen molar-refractivity contribution in [3.8, 4) is 0 Å². The van der Waals surface area contributed by atoms with Gasteiger partial charge in [-0.1, -0.05) is 31.2 Å². The average Bonchev–Trinajstić information content (AvgIpc) is 2.18. The van der Waals surface area contributed by atoms with Crippen molar-refractivity contribution in [1.29, 1.82) is 0 Å². The third-order valence-electron chi connectivity index (χ3n) is 1.33. The van der Waals surface area contributed by atoms with Crippen molar-refractivity contribution >= 4 is 16.9 Å². The van der Waals surface area contributed by atoms with E-state index in [0.29, 0.717) is 0 Å². The molecule has 0 aliphatic carbocycles. The van der Waals surface area contributed by atoms with E-state index in [0.717, 1.165) is 24.2 Å². The summed E-state index contributed by atoms with van der Waals surface area (Å²) in [5.74, 6) is 0.897. The first-order valence-corrected chi connectivity index (χ1v) is 4.19. The lowest BCUT2D eigenvalue weighted by atomic mass is 10.2. The smallest absolute Gasteiger partial charge is 0.215 e. The number of hydrogen-bond acceptors (Lipinski definition) is 2. The summed E-state index contributed by atoms with van der Waals surface area (Å²) in [6.07, 6.45) is 4.08. The highest BCUT2D eigenvalue weighted by atomic mass is 32.2. The lowest BCUT2D eigenvalue weighted by Gasteiger charge is -1.92. The SMILES string of the molecule is CCCC1=CCSC1=O. The first-order chi connectivity index (χ1) is 4.34. The summed E-state index contributed by atoms with van der Waals surface area (Å²) in [6, 6.07) is 0. The second-order valence-electron chi connectivity index (χ2n) is 2.08. The van der Waals surface area contributed by atoms with E-state index >= 15 is 0 Å². The highest BCUT2D eigenvalue weighted by molar-refractivity contribution is 8.14. The van der Waals surface area contributed by atoms with Gasteiger partial charge in [0.05, 0.1) is 0 Å². The molecular weight excluding hydrogens is 132 g/mol. The fourth-order valence-corrected chi connectivity index (χ4v) is 1.67. The van der Waals surface area contributed by atoms with Gasteiger partial charge in [0.15, 0.2) is 0 Å². The maximum Gasteiger partial charge on any atom is 0.215 e. The Hall–Kier alpha value is -0.240. The van der Waals surface area contributed by atoms with Crippen LogP contribution in [-0.4, -0.2) is 10.9 Å². The first-order valence-electron chi connectivity index (χ1n) is 3.20. The van der Waals surface area contributed by atoms with Gasteiger partial charge in [-0.25, -0.2) is 0 Å². The van der Waals surface area contributed by atoms with Crippen molar-refractivity contribution < 1.29 is 4.79 Å². The number of rotatable bonds is 2.